The van der Waals surface area contributed by atoms with Crippen LogP contribution in [0, 0.1) is 6.92 Å². The molecule has 0 aliphatic heterocycles. The number of anilines is 2. The number of nitrogens with zero attached hydrogens (tertiary/aromatic N) is 2. The van der Waals surface area contributed by atoms with E-state index < -0.39 is 18.8 Å². The summed E-state index contributed by atoms with van der Waals surface area (Å²) in [6.45, 7) is 2.86. The fraction of sp³-hybridized carbons (Fsp3) is 0.636. The van der Waals surface area contributed by atoms with E-state index in [0.717, 1.165) is 6.42 Å². The van der Waals surface area contributed by atoms with Gasteiger partial charge in [-0.2, -0.15) is 13.2 Å². The zero-order chi connectivity index (χ0) is 14.6. The summed E-state index contributed by atoms with van der Waals surface area (Å²) in [6.07, 6.45) is -5.72. The van der Waals surface area contributed by atoms with Crippen LogP contribution in [0.15, 0.2) is 0 Å². The fourth-order valence-electron chi connectivity index (χ4n) is 1.40. The fourth-order valence-corrected chi connectivity index (χ4v) is 1.40. The minimum atomic E-state index is -4.66. The van der Waals surface area contributed by atoms with E-state index in [2.05, 4.69) is 15.3 Å². The maximum Gasteiger partial charge on any atom is 0.416 e. The first kappa shape index (κ1) is 15.5. The number of alkyl halides is 3. The second kappa shape index (κ2) is 6.05. The highest BCUT2D eigenvalue weighted by atomic mass is 19.4. The molecule has 0 aromatic carbocycles. The lowest BCUT2D eigenvalue weighted by Crippen LogP contribution is -2.35. The van der Waals surface area contributed by atoms with Gasteiger partial charge in [-0.15, -0.1) is 0 Å². The normalized spacial score (nSPS) is 13.4. The SMILES string of the molecule is CCCc1nc(N)c(C)c(NCC(O)C(F)(F)F)n1. The third-order valence-electron chi connectivity index (χ3n) is 2.54. The van der Waals surface area contributed by atoms with Crippen molar-refractivity contribution in [2.45, 2.75) is 39.0 Å². The van der Waals surface area contributed by atoms with E-state index in [1.165, 1.54) is 0 Å². The molecule has 1 heterocycles. The van der Waals surface area contributed by atoms with Gasteiger partial charge in [-0.05, 0) is 13.3 Å². The summed E-state index contributed by atoms with van der Waals surface area (Å²) in [7, 11) is 0. The Morgan fingerprint density at radius 1 is 1.37 bits per heavy atom. The number of rotatable bonds is 5. The zero-order valence-corrected chi connectivity index (χ0v) is 10.8. The molecule has 0 aliphatic carbocycles. The number of aliphatic hydroxyl groups excluding tert-OH is 1. The lowest BCUT2D eigenvalue weighted by Gasteiger charge is -2.17. The lowest BCUT2D eigenvalue weighted by molar-refractivity contribution is -0.198. The molecule has 19 heavy (non-hydrogen) atoms. The van der Waals surface area contributed by atoms with Crippen molar-refractivity contribution < 1.29 is 18.3 Å². The molecule has 1 atom stereocenters. The van der Waals surface area contributed by atoms with Crippen LogP contribution in [0.25, 0.3) is 0 Å². The summed E-state index contributed by atoms with van der Waals surface area (Å²) in [4.78, 5) is 8.14. The molecule has 4 N–H and O–H groups in total. The molecular formula is C11H17F3N4O. The quantitative estimate of drug-likeness (QED) is 0.762. The Labute approximate surface area is 109 Å². The Bertz CT molecular complexity index is 437. The summed E-state index contributed by atoms with van der Waals surface area (Å²) < 4.78 is 36.6. The summed E-state index contributed by atoms with van der Waals surface area (Å²) in [5.74, 6) is 0.913. The van der Waals surface area contributed by atoms with Gasteiger partial charge in [0.05, 0.1) is 6.54 Å². The van der Waals surface area contributed by atoms with Crippen LogP contribution in [-0.2, 0) is 6.42 Å². The maximum absolute atomic E-state index is 12.2. The largest absolute Gasteiger partial charge is 0.416 e. The van der Waals surface area contributed by atoms with Gasteiger partial charge >= 0.3 is 6.18 Å². The van der Waals surface area contributed by atoms with E-state index in [1.807, 2.05) is 6.92 Å². The molecule has 0 spiro atoms. The summed E-state index contributed by atoms with van der Waals surface area (Å²) in [5, 5.41) is 11.4. The van der Waals surface area contributed by atoms with Crippen LogP contribution in [0.2, 0.25) is 0 Å². The molecule has 0 fully saturated rings. The number of aromatic nitrogens is 2. The van der Waals surface area contributed by atoms with Gasteiger partial charge in [0.1, 0.15) is 17.5 Å². The van der Waals surface area contributed by atoms with Crippen molar-refractivity contribution >= 4 is 11.6 Å². The van der Waals surface area contributed by atoms with Gasteiger partial charge in [-0.3, -0.25) is 0 Å². The van der Waals surface area contributed by atoms with Gasteiger partial charge < -0.3 is 16.2 Å². The molecule has 8 heteroatoms. The molecule has 1 rings (SSSR count). The first-order valence-corrected chi connectivity index (χ1v) is 5.87. The third kappa shape index (κ3) is 4.23. The van der Waals surface area contributed by atoms with Gasteiger partial charge in [0.25, 0.3) is 0 Å². The van der Waals surface area contributed by atoms with Gasteiger partial charge in [-0.25, -0.2) is 9.97 Å². The van der Waals surface area contributed by atoms with Crippen molar-refractivity contribution in [3.05, 3.63) is 11.4 Å². The smallest absolute Gasteiger partial charge is 0.383 e. The highest BCUT2D eigenvalue weighted by Crippen LogP contribution is 2.22. The first-order valence-electron chi connectivity index (χ1n) is 5.87. The van der Waals surface area contributed by atoms with E-state index in [1.54, 1.807) is 6.92 Å². The van der Waals surface area contributed by atoms with Crippen LogP contribution in [-0.4, -0.2) is 33.9 Å². The molecule has 0 radical (unpaired) electrons. The summed E-state index contributed by atoms with van der Waals surface area (Å²) in [5.41, 5.74) is 6.13. The van der Waals surface area contributed by atoms with Crippen molar-refractivity contribution in [3.63, 3.8) is 0 Å². The Balaban J connectivity index is 2.82. The van der Waals surface area contributed by atoms with E-state index in [0.29, 0.717) is 17.8 Å². The molecule has 0 bridgehead atoms. The molecule has 1 unspecified atom stereocenters. The van der Waals surface area contributed by atoms with Crippen molar-refractivity contribution in [2.24, 2.45) is 0 Å². The van der Waals surface area contributed by atoms with Crippen molar-refractivity contribution in [1.29, 1.82) is 0 Å². The Kier molecular flexibility index (Phi) is 4.93. The number of aliphatic hydroxyl groups is 1. The monoisotopic (exact) mass is 278 g/mol. The molecule has 0 aliphatic rings. The number of hydrogen-bond acceptors (Lipinski definition) is 5. The van der Waals surface area contributed by atoms with Crippen LogP contribution in [0.4, 0.5) is 24.8 Å². The Morgan fingerprint density at radius 2 is 2.00 bits per heavy atom. The molecule has 0 amide bonds. The number of aryl methyl sites for hydroxylation is 1. The number of halogens is 3. The maximum atomic E-state index is 12.2. The molecule has 108 valence electrons. The number of hydrogen-bond donors (Lipinski definition) is 3. The average Bonchev–Trinajstić information content (AvgIpc) is 2.30. The predicted octanol–water partition coefficient (Wildman–Crippen LogP) is 1.65. The van der Waals surface area contributed by atoms with Gasteiger partial charge in [-0.1, -0.05) is 6.92 Å². The van der Waals surface area contributed by atoms with E-state index in [9.17, 15) is 13.2 Å². The predicted molar refractivity (Wildman–Crippen MR) is 65.7 cm³/mol. The lowest BCUT2D eigenvalue weighted by atomic mass is 10.2. The average molecular weight is 278 g/mol. The topological polar surface area (TPSA) is 84.1 Å². The van der Waals surface area contributed by atoms with Gasteiger partial charge in [0.2, 0.25) is 0 Å². The molecular weight excluding hydrogens is 261 g/mol. The van der Waals surface area contributed by atoms with Gasteiger partial charge in [0, 0.05) is 12.0 Å². The van der Waals surface area contributed by atoms with Crippen molar-refractivity contribution in [1.82, 2.24) is 9.97 Å². The van der Waals surface area contributed by atoms with E-state index in [4.69, 9.17) is 10.8 Å². The molecule has 1 aromatic rings. The summed E-state index contributed by atoms with van der Waals surface area (Å²) in [6, 6.07) is 0. The van der Waals surface area contributed by atoms with Crippen molar-refractivity contribution in [3.8, 4) is 0 Å². The summed E-state index contributed by atoms with van der Waals surface area (Å²) >= 11 is 0. The Morgan fingerprint density at radius 3 is 2.53 bits per heavy atom. The Hall–Kier alpha value is -1.57. The van der Waals surface area contributed by atoms with E-state index >= 15 is 0 Å². The highest BCUT2D eigenvalue weighted by molar-refractivity contribution is 5.54. The number of nitrogen functional groups attached to an aromatic ring is 1. The van der Waals surface area contributed by atoms with Crippen molar-refractivity contribution in [2.75, 3.05) is 17.6 Å². The highest BCUT2D eigenvalue weighted by Gasteiger charge is 2.38. The standard InChI is InChI=1S/C11H17F3N4O/c1-3-4-8-17-9(15)6(2)10(18-8)16-5-7(19)11(12,13)14/h7,19H,3-5H2,1-2H3,(H3,15,16,17,18). The van der Waals surface area contributed by atoms with E-state index in [-0.39, 0.29) is 11.6 Å². The minimum absolute atomic E-state index is 0.222. The third-order valence-corrected chi connectivity index (χ3v) is 2.54. The molecule has 0 saturated heterocycles. The van der Waals surface area contributed by atoms with Crippen LogP contribution in [0.1, 0.15) is 24.7 Å². The minimum Gasteiger partial charge on any atom is -0.383 e. The van der Waals surface area contributed by atoms with Crippen LogP contribution < -0.4 is 11.1 Å². The second-order valence-electron chi connectivity index (χ2n) is 4.19. The van der Waals surface area contributed by atoms with Crippen LogP contribution in [0.3, 0.4) is 0 Å². The van der Waals surface area contributed by atoms with Crippen LogP contribution in [0.5, 0.6) is 0 Å². The zero-order valence-electron chi connectivity index (χ0n) is 10.8. The van der Waals surface area contributed by atoms with Crippen LogP contribution >= 0.6 is 0 Å². The molecule has 1 aromatic heterocycles. The number of nitrogens with two attached hydrogens (primary N) is 1. The number of nitrogens with one attached hydrogen (secondary N) is 1. The molecule has 5 nitrogen and oxygen atoms in total. The second-order valence-corrected chi connectivity index (χ2v) is 4.19. The first-order chi connectivity index (χ1) is 8.75. The van der Waals surface area contributed by atoms with Gasteiger partial charge in [0.15, 0.2) is 6.10 Å². The molecule has 0 saturated carbocycles.